The maximum absolute atomic E-state index is 11.4. The Morgan fingerprint density at radius 2 is 1.75 bits per heavy atom. The van der Waals surface area contributed by atoms with Gasteiger partial charge in [0.15, 0.2) is 0 Å². The smallest absolute Gasteiger partial charge is 0.339 e. The van der Waals surface area contributed by atoms with Crippen LogP contribution in [0.5, 0.6) is 0 Å². The Bertz CT molecular complexity index is 678. The number of hydrogen-bond donors (Lipinski definition) is 2. The van der Waals surface area contributed by atoms with E-state index in [1.807, 2.05) is 39.0 Å². The standard InChI is InChI=1S/C16H18N2O2/c1-9-5-6-13(8-10(9)2)18-15-14(16(19)20)11(3)7-12(4)17-15/h5-8H,1-4H3,(H,17,18)(H,19,20). The van der Waals surface area contributed by atoms with Crippen molar-refractivity contribution in [1.82, 2.24) is 4.98 Å². The van der Waals surface area contributed by atoms with Crippen molar-refractivity contribution < 1.29 is 9.90 Å². The third-order valence-electron chi connectivity index (χ3n) is 3.33. The summed E-state index contributed by atoms with van der Waals surface area (Å²) in [7, 11) is 0. The van der Waals surface area contributed by atoms with Crippen LogP contribution in [-0.4, -0.2) is 16.1 Å². The molecule has 20 heavy (non-hydrogen) atoms. The number of carbonyl (C=O) groups is 1. The number of carboxylic acids is 1. The quantitative estimate of drug-likeness (QED) is 0.891. The number of nitrogens with one attached hydrogen (secondary N) is 1. The van der Waals surface area contributed by atoms with Gasteiger partial charge in [0.1, 0.15) is 11.4 Å². The van der Waals surface area contributed by atoms with E-state index in [1.165, 1.54) is 5.56 Å². The first-order valence-corrected chi connectivity index (χ1v) is 6.44. The zero-order chi connectivity index (χ0) is 14.9. The summed E-state index contributed by atoms with van der Waals surface area (Å²) < 4.78 is 0. The van der Waals surface area contributed by atoms with Gasteiger partial charge in [0.2, 0.25) is 0 Å². The fourth-order valence-corrected chi connectivity index (χ4v) is 2.15. The van der Waals surface area contributed by atoms with Crippen molar-refractivity contribution in [2.45, 2.75) is 27.7 Å². The molecular weight excluding hydrogens is 252 g/mol. The van der Waals surface area contributed by atoms with Gasteiger partial charge in [-0.05, 0) is 62.6 Å². The minimum Gasteiger partial charge on any atom is -0.478 e. The van der Waals surface area contributed by atoms with Crippen LogP contribution in [0.15, 0.2) is 24.3 Å². The lowest BCUT2D eigenvalue weighted by atomic mass is 10.1. The molecule has 4 heteroatoms. The Balaban J connectivity index is 2.47. The van der Waals surface area contributed by atoms with E-state index in [2.05, 4.69) is 10.3 Å². The lowest BCUT2D eigenvalue weighted by Crippen LogP contribution is -2.08. The third-order valence-corrected chi connectivity index (χ3v) is 3.33. The largest absolute Gasteiger partial charge is 0.478 e. The first kappa shape index (κ1) is 14.1. The van der Waals surface area contributed by atoms with E-state index in [-0.39, 0.29) is 5.56 Å². The summed E-state index contributed by atoms with van der Waals surface area (Å²) in [6, 6.07) is 7.68. The van der Waals surface area contributed by atoms with E-state index in [0.717, 1.165) is 16.9 Å². The summed E-state index contributed by atoms with van der Waals surface area (Å²) in [5.41, 5.74) is 4.90. The molecule has 0 bridgehead atoms. The molecule has 0 aliphatic rings. The number of aryl methyl sites for hydroxylation is 4. The molecule has 0 unspecified atom stereocenters. The number of benzene rings is 1. The molecule has 1 heterocycles. The Morgan fingerprint density at radius 1 is 1.05 bits per heavy atom. The predicted molar refractivity (Wildman–Crippen MR) is 79.9 cm³/mol. The van der Waals surface area contributed by atoms with Crippen LogP contribution in [0.25, 0.3) is 0 Å². The monoisotopic (exact) mass is 270 g/mol. The van der Waals surface area contributed by atoms with Crippen molar-refractivity contribution in [1.29, 1.82) is 0 Å². The Kier molecular flexibility index (Phi) is 3.74. The molecule has 2 aromatic rings. The number of nitrogens with zero attached hydrogens (tertiary/aromatic N) is 1. The highest BCUT2D eigenvalue weighted by molar-refractivity contribution is 5.95. The van der Waals surface area contributed by atoms with Crippen LogP contribution >= 0.6 is 0 Å². The SMILES string of the molecule is Cc1cc(C)c(C(=O)O)c(Nc2ccc(C)c(C)c2)n1. The average molecular weight is 270 g/mol. The molecule has 0 aliphatic heterocycles. The molecule has 0 aliphatic carbocycles. The van der Waals surface area contributed by atoms with E-state index in [1.54, 1.807) is 13.0 Å². The van der Waals surface area contributed by atoms with Gasteiger partial charge in [0.25, 0.3) is 0 Å². The van der Waals surface area contributed by atoms with Crippen molar-refractivity contribution >= 4 is 17.5 Å². The van der Waals surface area contributed by atoms with E-state index in [9.17, 15) is 9.90 Å². The zero-order valence-corrected chi connectivity index (χ0v) is 12.1. The summed E-state index contributed by atoms with van der Waals surface area (Å²) in [6.07, 6.45) is 0. The van der Waals surface area contributed by atoms with Crippen LogP contribution in [0.2, 0.25) is 0 Å². The van der Waals surface area contributed by atoms with Crippen molar-refractivity contribution in [2.75, 3.05) is 5.32 Å². The van der Waals surface area contributed by atoms with Gasteiger partial charge in [-0.15, -0.1) is 0 Å². The first-order chi connectivity index (χ1) is 9.38. The van der Waals surface area contributed by atoms with Gasteiger partial charge in [-0.25, -0.2) is 9.78 Å². The van der Waals surface area contributed by atoms with Crippen LogP contribution in [0.4, 0.5) is 11.5 Å². The maximum atomic E-state index is 11.4. The molecular formula is C16H18N2O2. The highest BCUT2D eigenvalue weighted by atomic mass is 16.4. The van der Waals surface area contributed by atoms with Crippen molar-refractivity contribution in [2.24, 2.45) is 0 Å². The van der Waals surface area contributed by atoms with Crippen molar-refractivity contribution in [3.05, 3.63) is 52.2 Å². The molecule has 0 fully saturated rings. The molecule has 0 spiro atoms. The molecule has 1 aromatic carbocycles. The highest BCUT2D eigenvalue weighted by Crippen LogP contribution is 2.24. The summed E-state index contributed by atoms with van der Waals surface area (Å²) in [4.78, 5) is 15.7. The van der Waals surface area contributed by atoms with Crippen LogP contribution in [0, 0.1) is 27.7 Å². The van der Waals surface area contributed by atoms with Crippen LogP contribution < -0.4 is 5.32 Å². The molecule has 2 N–H and O–H groups in total. The normalized spacial score (nSPS) is 10.4. The topological polar surface area (TPSA) is 62.2 Å². The fraction of sp³-hybridized carbons (Fsp3) is 0.250. The maximum Gasteiger partial charge on any atom is 0.339 e. The zero-order valence-electron chi connectivity index (χ0n) is 12.1. The molecule has 4 nitrogen and oxygen atoms in total. The highest BCUT2D eigenvalue weighted by Gasteiger charge is 2.15. The number of aromatic carboxylic acids is 1. The number of hydrogen-bond acceptors (Lipinski definition) is 3. The van der Waals surface area contributed by atoms with Gasteiger partial charge in [-0.1, -0.05) is 6.07 Å². The van der Waals surface area contributed by atoms with E-state index in [4.69, 9.17) is 0 Å². The van der Waals surface area contributed by atoms with Crippen LogP contribution in [-0.2, 0) is 0 Å². The van der Waals surface area contributed by atoms with Crippen LogP contribution in [0.3, 0.4) is 0 Å². The number of pyridine rings is 1. The summed E-state index contributed by atoms with van der Waals surface area (Å²) in [5, 5.41) is 12.4. The molecule has 1 aromatic heterocycles. The molecule has 0 saturated carbocycles. The van der Waals surface area contributed by atoms with Gasteiger partial charge in [-0.3, -0.25) is 0 Å². The van der Waals surface area contributed by atoms with Crippen molar-refractivity contribution in [3.63, 3.8) is 0 Å². The second-order valence-corrected chi connectivity index (χ2v) is 5.03. The van der Waals surface area contributed by atoms with E-state index in [0.29, 0.717) is 11.4 Å². The second kappa shape index (κ2) is 5.33. The van der Waals surface area contributed by atoms with Gasteiger partial charge in [0, 0.05) is 11.4 Å². The summed E-state index contributed by atoms with van der Waals surface area (Å²) in [6.45, 7) is 7.69. The summed E-state index contributed by atoms with van der Waals surface area (Å²) in [5.74, 6) is -0.584. The number of carboxylic acid groups (broad SMARTS) is 1. The first-order valence-electron chi connectivity index (χ1n) is 6.44. The second-order valence-electron chi connectivity index (χ2n) is 5.03. The average Bonchev–Trinajstić information content (AvgIpc) is 2.32. The van der Waals surface area contributed by atoms with Crippen LogP contribution in [0.1, 0.15) is 32.7 Å². The van der Waals surface area contributed by atoms with Gasteiger partial charge < -0.3 is 10.4 Å². The Morgan fingerprint density at radius 3 is 2.35 bits per heavy atom. The Labute approximate surface area is 118 Å². The minimum atomic E-state index is -0.971. The molecule has 0 atom stereocenters. The van der Waals surface area contributed by atoms with Gasteiger partial charge in [0.05, 0.1) is 0 Å². The molecule has 0 radical (unpaired) electrons. The van der Waals surface area contributed by atoms with Gasteiger partial charge >= 0.3 is 5.97 Å². The lowest BCUT2D eigenvalue weighted by Gasteiger charge is -2.13. The lowest BCUT2D eigenvalue weighted by molar-refractivity contribution is 0.0697. The van der Waals surface area contributed by atoms with Gasteiger partial charge in [-0.2, -0.15) is 0 Å². The molecule has 2 rings (SSSR count). The number of rotatable bonds is 3. The fourth-order valence-electron chi connectivity index (χ4n) is 2.15. The minimum absolute atomic E-state index is 0.217. The van der Waals surface area contributed by atoms with Crippen molar-refractivity contribution in [3.8, 4) is 0 Å². The third kappa shape index (κ3) is 2.79. The van der Waals surface area contributed by atoms with E-state index < -0.39 is 5.97 Å². The number of aromatic nitrogens is 1. The Hall–Kier alpha value is -2.36. The molecule has 104 valence electrons. The molecule has 0 saturated heterocycles. The molecule has 0 amide bonds. The predicted octanol–water partition coefficient (Wildman–Crippen LogP) is 3.76. The summed E-state index contributed by atoms with van der Waals surface area (Å²) >= 11 is 0. The van der Waals surface area contributed by atoms with E-state index >= 15 is 0 Å². The number of anilines is 2.